The van der Waals surface area contributed by atoms with Crippen molar-refractivity contribution < 1.29 is 14.3 Å². The smallest absolute Gasteiger partial charge is 0.261 e. The molecule has 1 N–H and O–H groups in total. The van der Waals surface area contributed by atoms with Crippen molar-refractivity contribution in [3.05, 3.63) is 59.7 Å². The van der Waals surface area contributed by atoms with Crippen LogP contribution in [0.3, 0.4) is 0 Å². The van der Waals surface area contributed by atoms with Crippen molar-refractivity contribution >= 4 is 5.91 Å². The predicted octanol–water partition coefficient (Wildman–Crippen LogP) is 4.65. The summed E-state index contributed by atoms with van der Waals surface area (Å²) >= 11 is 0. The van der Waals surface area contributed by atoms with Crippen LogP contribution in [-0.4, -0.2) is 25.2 Å². The second-order valence-electron chi connectivity index (χ2n) is 7.71. The minimum absolute atomic E-state index is 0.00895. The summed E-state index contributed by atoms with van der Waals surface area (Å²) in [5.74, 6) is 1.45. The summed E-state index contributed by atoms with van der Waals surface area (Å²) in [5, 5.41) is 2.90. The highest BCUT2D eigenvalue weighted by molar-refractivity contribution is 5.81. The molecule has 0 radical (unpaired) electrons. The second kappa shape index (κ2) is 9.45. The predicted molar refractivity (Wildman–Crippen MR) is 110 cm³/mol. The number of benzene rings is 2. The molecule has 0 saturated heterocycles. The number of amides is 1. The number of nitrogens with one attached hydrogen (secondary N) is 1. The van der Waals surface area contributed by atoms with Crippen LogP contribution >= 0.6 is 0 Å². The van der Waals surface area contributed by atoms with Crippen molar-refractivity contribution in [2.24, 2.45) is 0 Å². The fourth-order valence-corrected chi connectivity index (χ4v) is 2.76. The Labute approximate surface area is 162 Å². The Balaban J connectivity index is 1.84. The second-order valence-corrected chi connectivity index (χ2v) is 7.71. The Morgan fingerprint density at radius 2 is 1.74 bits per heavy atom. The summed E-state index contributed by atoms with van der Waals surface area (Å²) in [7, 11) is 0. The van der Waals surface area contributed by atoms with Gasteiger partial charge < -0.3 is 14.8 Å². The molecule has 27 heavy (non-hydrogen) atoms. The molecule has 4 heteroatoms. The Hall–Kier alpha value is -2.49. The van der Waals surface area contributed by atoms with Crippen molar-refractivity contribution in [1.82, 2.24) is 5.32 Å². The summed E-state index contributed by atoms with van der Waals surface area (Å²) in [5.41, 5.74) is 2.33. The monoisotopic (exact) mass is 369 g/mol. The highest BCUT2D eigenvalue weighted by Crippen LogP contribution is 2.30. The molecule has 2 aromatic carbocycles. The van der Waals surface area contributed by atoms with E-state index >= 15 is 0 Å². The van der Waals surface area contributed by atoms with E-state index in [2.05, 4.69) is 32.2 Å². The molecule has 0 aliphatic heterocycles. The maximum absolute atomic E-state index is 12.4. The molecule has 1 amide bonds. The van der Waals surface area contributed by atoms with E-state index in [4.69, 9.17) is 9.47 Å². The van der Waals surface area contributed by atoms with Crippen molar-refractivity contribution in [2.75, 3.05) is 13.2 Å². The standard InChI is InChI=1S/C23H31NO3/c1-6-20(27-18-13-11-17(2)12-14-18)22(25)24-15-16-26-21-10-8-7-9-19(21)23(3,4)5/h7-14,20H,6,15-16H2,1-5H3,(H,24,25). The Bertz CT molecular complexity index is 732. The fourth-order valence-electron chi connectivity index (χ4n) is 2.76. The number of rotatable bonds is 8. The van der Waals surface area contributed by atoms with Gasteiger partial charge in [0.25, 0.3) is 5.91 Å². The molecule has 0 bridgehead atoms. The van der Waals surface area contributed by atoms with Crippen molar-refractivity contribution in [3.63, 3.8) is 0 Å². The first-order chi connectivity index (χ1) is 12.8. The number of para-hydroxylation sites is 1. The maximum atomic E-state index is 12.4. The van der Waals surface area contributed by atoms with E-state index in [9.17, 15) is 4.79 Å². The van der Waals surface area contributed by atoms with E-state index in [0.717, 1.165) is 16.9 Å². The molecule has 4 nitrogen and oxygen atoms in total. The number of carbonyl (C=O) groups is 1. The first-order valence-electron chi connectivity index (χ1n) is 9.54. The van der Waals surface area contributed by atoms with Crippen molar-refractivity contribution in [2.45, 2.75) is 52.6 Å². The van der Waals surface area contributed by atoms with E-state index in [-0.39, 0.29) is 11.3 Å². The number of ether oxygens (including phenoxy) is 2. The van der Waals surface area contributed by atoms with Crippen LogP contribution in [0, 0.1) is 6.92 Å². The summed E-state index contributed by atoms with van der Waals surface area (Å²) in [6.45, 7) is 11.3. The molecule has 146 valence electrons. The molecule has 2 aromatic rings. The van der Waals surface area contributed by atoms with Crippen LogP contribution in [-0.2, 0) is 10.2 Å². The van der Waals surface area contributed by atoms with Gasteiger partial charge in [-0.05, 0) is 42.5 Å². The lowest BCUT2D eigenvalue weighted by atomic mass is 9.86. The lowest BCUT2D eigenvalue weighted by Crippen LogP contribution is -2.39. The topological polar surface area (TPSA) is 47.6 Å². The molecule has 0 aliphatic carbocycles. The Morgan fingerprint density at radius 1 is 1.07 bits per heavy atom. The maximum Gasteiger partial charge on any atom is 0.261 e. The first kappa shape index (κ1) is 20.8. The zero-order valence-corrected chi connectivity index (χ0v) is 17.0. The molecule has 0 aromatic heterocycles. The SMILES string of the molecule is CCC(Oc1ccc(C)cc1)C(=O)NCCOc1ccccc1C(C)(C)C. The first-order valence-corrected chi connectivity index (χ1v) is 9.54. The van der Waals surface area contributed by atoms with Crippen LogP contribution in [0.2, 0.25) is 0 Å². The minimum atomic E-state index is -0.505. The molecule has 0 saturated carbocycles. The van der Waals surface area contributed by atoms with E-state index in [0.29, 0.717) is 25.3 Å². The third-order valence-electron chi connectivity index (χ3n) is 4.32. The van der Waals surface area contributed by atoms with Gasteiger partial charge in [0.2, 0.25) is 0 Å². The molecule has 0 fully saturated rings. The van der Waals surface area contributed by atoms with Gasteiger partial charge >= 0.3 is 0 Å². The summed E-state index contributed by atoms with van der Waals surface area (Å²) in [6, 6.07) is 15.7. The van der Waals surface area contributed by atoms with Crippen LogP contribution in [0.5, 0.6) is 11.5 Å². The molecule has 0 heterocycles. The van der Waals surface area contributed by atoms with Gasteiger partial charge in [0.05, 0.1) is 6.54 Å². The molecule has 0 spiro atoms. The van der Waals surface area contributed by atoms with Gasteiger partial charge in [-0.2, -0.15) is 0 Å². The highest BCUT2D eigenvalue weighted by atomic mass is 16.5. The highest BCUT2D eigenvalue weighted by Gasteiger charge is 2.19. The summed E-state index contributed by atoms with van der Waals surface area (Å²) < 4.78 is 11.7. The number of hydrogen-bond donors (Lipinski definition) is 1. The number of carbonyl (C=O) groups excluding carboxylic acids is 1. The molecule has 1 unspecified atom stereocenters. The van der Waals surface area contributed by atoms with Gasteiger partial charge in [-0.25, -0.2) is 0 Å². The normalized spacial score (nSPS) is 12.3. The number of aryl methyl sites for hydroxylation is 1. The van der Waals surface area contributed by atoms with Gasteiger partial charge in [0, 0.05) is 0 Å². The lowest BCUT2D eigenvalue weighted by molar-refractivity contribution is -0.128. The average Bonchev–Trinajstić information content (AvgIpc) is 2.64. The molecule has 1 atom stereocenters. The van der Waals surface area contributed by atoms with E-state index in [1.807, 2.05) is 56.3 Å². The van der Waals surface area contributed by atoms with Gasteiger partial charge in [-0.15, -0.1) is 0 Å². The largest absolute Gasteiger partial charge is 0.491 e. The molecule has 2 rings (SSSR count). The Morgan fingerprint density at radius 3 is 2.37 bits per heavy atom. The van der Waals surface area contributed by atoms with Gasteiger partial charge in [0.15, 0.2) is 6.10 Å². The van der Waals surface area contributed by atoms with E-state index in [1.54, 1.807) is 0 Å². The summed E-state index contributed by atoms with van der Waals surface area (Å²) in [6.07, 6.45) is 0.0996. The van der Waals surface area contributed by atoms with Crippen LogP contribution in [0.1, 0.15) is 45.2 Å². The van der Waals surface area contributed by atoms with E-state index in [1.165, 1.54) is 0 Å². The van der Waals surface area contributed by atoms with Crippen LogP contribution in [0.15, 0.2) is 48.5 Å². The van der Waals surface area contributed by atoms with Gasteiger partial charge in [-0.1, -0.05) is 63.6 Å². The van der Waals surface area contributed by atoms with Crippen LogP contribution < -0.4 is 14.8 Å². The number of hydrogen-bond acceptors (Lipinski definition) is 3. The van der Waals surface area contributed by atoms with Crippen LogP contribution in [0.4, 0.5) is 0 Å². The van der Waals surface area contributed by atoms with Gasteiger partial charge in [0.1, 0.15) is 18.1 Å². The zero-order valence-electron chi connectivity index (χ0n) is 17.0. The minimum Gasteiger partial charge on any atom is -0.491 e. The molecular formula is C23H31NO3. The van der Waals surface area contributed by atoms with E-state index < -0.39 is 6.10 Å². The van der Waals surface area contributed by atoms with Crippen molar-refractivity contribution in [3.8, 4) is 11.5 Å². The fraction of sp³-hybridized carbons (Fsp3) is 0.435. The lowest BCUT2D eigenvalue weighted by Gasteiger charge is -2.23. The third-order valence-corrected chi connectivity index (χ3v) is 4.32. The third kappa shape index (κ3) is 6.31. The van der Waals surface area contributed by atoms with Crippen molar-refractivity contribution in [1.29, 1.82) is 0 Å². The Kier molecular flexibility index (Phi) is 7.28. The van der Waals surface area contributed by atoms with Gasteiger partial charge in [-0.3, -0.25) is 4.79 Å². The summed E-state index contributed by atoms with van der Waals surface area (Å²) in [4.78, 5) is 12.4. The van der Waals surface area contributed by atoms with Crippen LogP contribution in [0.25, 0.3) is 0 Å². The quantitative estimate of drug-likeness (QED) is 0.689. The molecule has 0 aliphatic rings. The zero-order chi connectivity index (χ0) is 19.9. The molecular weight excluding hydrogens is 338 g/mol. The average molecular weight is 370 g/mol.